The average Bonchev–Trinajstić information content (AvgIpc) is 2.53. The number of halogens is 1. The Bertz CT molecular complexity index is 732. The van der Waals surface area contributed by atoms with E-state index in [-0.39, 0.29) is 16.0 Å². The molecular weight excluding hydrogens is 322 g/mol. The monoisotopic (exact) mass is 339 g/mol. The SMILES string of the molecule is CCC(NS(=O)(=O)c1ccc(OC)c(Cl)c1)c1ccccc1. The van der Waals surface area contributed by atoms with Crippen LogP contribution in [0.4, 0.5) is 0 Å². The summed E-state index contributed by atoms with van der Waals surface area (Å²) in [6.07, 6.45) is 0.646. The molecule has 0 radical (unpaired) electrons. The van der Waals surface area contributed by atoms with Crippen molar-refractivity contribution < 1.29 is 13.2 Å². The third-order valence-electron chi connectivity index (χ3n) is 3.34. The lowest BCUT2D eigenvalue weighted by Crippen LogP contribution is -2.28. The zero-order valence-electron chi connectivity index (χ0n) is 12.4. The van der Waals surface area contributed by atoms with Crippen LogP contribution in [0.25, 0.3) is 0 Å². The van der Waals surface area contributed by atoms with Gasteiger partial charge in [0.15, 0.2) is 0 Å². The zero-order valence-corrected chi connectivity index (χ0v) is 14.0. The van der Waals surface area contributed by atoms with Crippen LogP contribution in [0.5, 0.6) is 5.75 Å². The predicted octanol–water partition coefficient (Wildman–Crippen LogP) is 3.78. The Labute approximate surface area is 136 Å². The Morgan fingerprint density at radius 2 is 1.86 bits per heavy atom. The summed E-state index contributed by atoms with van der Waals surface area (Å²) in [5.41, 5.74) is 0.924. The molecule has 2 rings (SSSR count). The molecule has 22 heavy (non-hydrogen) atoms. The van der Waals surface area contributed by atoms with Gasteiger partial charge in [-0.3, -0.25) is 0 Å². The molecule has 0 saturated carbocycles. The second-order valence-corrected chi connectivity index (χ2v) is 6.91. The van der Waals surface area contributed by atoms with Gasteiger partial charge in [0.1, 0.15) is 5.75 Å². The Morgan fingerprint density at radius 3 is 2.41 bits per heavy atom. The van der Waals surface area contributed by atoms with Crippen molar-refractivity contribution in [2.45, 2.75) is 24.3 Å². The van der Waals surface area contributed by atoms with Crippen LogP contribution in [0.15, 0.2) is 53.4 Å². The number of methoxy groups -OCH3 is 1. The van der Waals surface area contributed by atoms with Crippen molar-refractivity contribution in [1.82, 2.24) is 4.72 Å². The fourth-order valence-electron chi connectivity index (χ4n) is 2.14. The maximum absolute atomic E-state index is 12.5. The van der Waals surface area contributed by atoms with Crippen molar-refractivity contribution in [1.29, 1.82) is 0 Å². The highest BCUT2D eigenvalue weighted by Gasteiger charge is 2.21. The van der Waals surface area contributed by atoms with E-state index in [0.717, 1.165) is 5.56 Å². The first kappa shape index (κ1) is 16.8. The number of nitrogens with one attached hydrogen (secondary N) is 1. The maximum Gasteiger partial charge on any atom is 0.241 e. The molecule has 0 spiro atoms. The van der Waals surface area contributed by atoms with Gasteiger partial charge >= 0.3 is 0 Å². The molecule has 0 fully saturated rings. The summed E-state index contributed by atoms with van der Waals surface area (Å²) < 4.78 is 32.8. The van der Waals surface area contributed by atoms with Crippen LogP contribution in [0, 0.1) is 0 Å². The average molecular weight is 340 g/mol. The maximum atomic E-state index is 12.5. The van der Waals surface area contributed by atoms with Crippen LogP contribution in [0.2, 0.25) is 5.02 Å². The number of benzene rings is 2. The van der Waals surface area contributed by atoms with E-state index < -0.39 is 10.0 Å². The van der Waals surface area contributed by atoms with Gasteiger partial charge in [-0.15, -0.1) is 0 Å². The van der Waals surface area contributed by atoms with Crippen molar-refractivity contribution in [2.24, 2.45) is 0 Å². The van der Waals surface area contributed by atoms with Gasteiger partial charge in [0.2, 0.25) is 10.0 Å². The minimum absolute atomic E-state index is 0.118. The summed E-state index contributed by atoms with van der Waals surface area (Å²) in [6, 6.07) is 13.6. The van der Waals surface area contributed by atoms with Gasteiger partial charge in [0.05, 0.1) is 17.0 Å². The van der Waals surface area contributed by atoms with E-state index in [1.165, 1.54) is 19.2 Å². The van der Waals surface area contributed by atoms with Gasteiger partial charge in [0.25, 0.3) is 0 Å². The number of rotatable bonds is 6. The molecule has 4 nitrogen and oxygen atoms in total. The normalized spacial score (nSPS) is 12.9. The molecule has 1 atom stereocenters. The summed E-state index contributed by atoms with van der Waals surface area (Å²) in [6.45, 7) is 1.93. The molecular formula is C16H18ClNO3S. The smallest absolute Gasteiger partial charge is 0.241 e. The highest BCUT2D eigenvalue weighted by molar-refractivity contribution is 7.89. The molecule has 0 amide bonds. The topological polar surface area (TPSA) is 55.4 Å². The lowest BCUT2D eigenvalue weighted by molar-refractivity contribution is 0.414. The molecule has 2 aromatic rings. The van der Waals surface area contributed by atoms with E-state index in [4.69, 9.17) is 16.3 Å². The summed E-state index contributed by atoms with van der Waals surface area (Å²) in [4.78, 5) is 0.118. The van der Waals surface area contributed by atoms with Crippen LogP contribution < -0.4 is 9.46 Å². The molecule has 2 aromatic carbocycles. The largest absolute Gasteiger partial charge is 0.495 e. The molecule has 6 heteroatoms. The van der Waals surface area contributed by atoms with Crippen LogP contribution in [0.3, 0.4) is 0 Å². The summed E-state index contributed by atoms with van der Waals surface area (Å²) in [5, 5.41) is 0.262. The molecule has 0 aliphatic heterocycles. The number of hydrogen-bond acceptors (Lipinski definition) is 3. The molecule has 1 N–H and O–H groups in total. The molecule has 0 bridgehead atoms. The number of hydrogen-bond donors (Lipinski definition) is 1. The van der Waals surface area contributed by atoms with E-state index in [1.807, 2.05) is 37.3 Å². The number of sulfonamides is 1. The predicted molar refractivity (Wildman–Crippen MR) is 87.8 cm³/mol. The molecule has 0 aliphatic rings. The van der Waals surface area contributed by atoms with Crippen molar-refractivity contribution in [3.63, 3.8) is 0 Å². The van der Waals surface area contributed by atoms with Crippen LogP contribution >= 0.6 is 11.6 Å². The van der Waals surface area contributed by atoms with Crippen molar-refractivity contribution in [2.75, 3.05) is 7.11 Å². The second kappa shape index (κ2) is 7.13. The highest BCUT2D eigenvalue weighted by Crippen LogP contribution is 2.28. The zero-order chi connectivity index (χ0) is 16.2. The number of ether oxygens (including phenoxy) is 1. The molecule has 1 unspecified atom stereocenters. The third-order valence-corrected chi connectivity index (χ3v) is 5.11. The van der Waals surface area contributed by atoms with Gasteiger partial charge in [-0.05, 0) is 30.2 Å². The van der Waals surface area contributed by atoms with Crippen LogP contribution in [-0.4, -0.2) is 15.5 Å². The van der Waals surface area contributed by atoms with Gasteiger partial charge < -0.3 is 4.74 Å². The molecule has 0 aliphatic carbocycles. The van der Waals surface area contributed by atoms with E-state index >= 15 is 0 Å². The Hall–Kier alpha value is -1.56. The molecule has 0 saturated heterocycles. The van der Waals surface area contributed by atoms with E-state index in [0.29, 0.717) is 12.2 Å². The fraction of sp³-hybridized carbons (Fsp3) is 0.250. The molecule has 0 heterocycles. The Kier molecular flexibility index (Phi) is 5.45. The standard InChI is InChI=1S/C16H18ClNO3S/c1-3-15(12-7-5-4-6-8-12)18-22(19,20)13-9-10-16(21-2)14(17)11-13/h4-11,15,18H,3H2,1-2H3. The molecule has 118 valence electrons. The van der Waals surface area contributed by atoms with Gasteiger partial charge in [0, 0.05) is 6.04 Å². The molecule has 0 aromatic heterocycles. The van der Waals surface area contributed by atoms with Crippen molar-refractivity contribution in [3.8, 4) is 5.75 Å². The van der Waals surface area contributed by atoms with Gasteiger partial charge in [-0.2, -0.15) is 0 Å². The van der Waals surface area contributed by atoms with E-state index in [9.17, 15) is 8.42 Å². The third kappa shape index (κ3) is 3.80. The second-order valence-electron chi connectivity index (χ2n) is 4.79. The lowest BCUT2D eigenvalue weighted by atomic mass is 10.1. The van der Waals surface area contributed by atoms with Gasteiger partial charge in [-0.25, -0.2) is 13.1 Å². The summed E-state index contributed by atoms with van der Waals surface area (Å²) in [5.74, 6) is 0.440. The summed E-state index contributed by atoms with van der Waals surface area (Å²) >= 11 is 6.01. The van der Waals surface area contributed by atoms with E-state index in [2.05, 4.69) is 4.72 Å². The van der Waals surface area contributed by atoms with Crippen molar-refractivity contribution >= 4 is 21.6 Å². The van der Waals surface area contributed by atoms with E-state index in [1.54, 1.807) is 6.07 Å². The lowest BCUT2D eigenvalue weighted by Gasteiger charge is -2.18. The van der Waals surface area contributed by atoms with Crippen LogP contribution in [0.1, 0.15) is 24.9 Å². The Balaban J connectivity index is 2.28. The first-order valence-corrected chi connectivity index (χ1v) is 8.75. The van der Waals surface area contributed by atoms with Crippen molar-refractivity contribution in [3.05, 3.63) is 59.1 Å². The minimum Gasteiger partial charge on any atom is -0.495 e. The van der Waals surface area contributed by atoms with Crippen LogP contribution in [-0.2, 0) is 10.0 Å². The first-order valence-electron chi connectivity index (χ1n) is 6.88. The summed E-state index contributed by atoms with van der Waals surface area (Å²) in [7, 11) is -2.17. The van der Waals surface area contributed by atoms with Gasteiger partial charge in [-0.1, -0.05) is 48.9 Å². The minimum atomic E-state index is -3.66. The fourth-order valence-corrected chi connectivity index (χ4v) is 3.80. The highest BCUT2D eigenvalue weighted by atomic mass is 35.5. The first-order chi connectivity index (χ1) is 10.5. The quantitative estimate of drug-likeness (QED) is 0.871. The Morgan fingerprint density at radius 1 is 1.18 bits per heavy atom.